The van der Waals surface area contributed by atoms with E-state index < -0.39 is 0 Å². The van der Waals surface area contributed by atoms with Gasteiger partial charge in [-0.25, -0.2) is 9.78 Å². The Morgan fingerprint density at radius 2 is 1.91 bits per heavy atom. The van der Waals surface area contributed by atoms with Crippen LogP contribution in [0.3, 0.4) is 0 Å². The minimum Gasteiger partial charge on any atom is -0.393 e. The monoisotopic (exact) mass is 317 g/mol. The van der Waals surface area contributed by atoms with E-state index in [0.717, 1.165) is 36.9 Å². The van der Waals surface area contributed by atoms with E-state index in [-0.39, 0.29) is 18.2 Å². The maximum absolute atomic E-state index is 12.0. The molecule has 2 amide bonds. The highest BCUT2D eigenvalue weighted by Crippen LogP contribution is 2.24. The summed E-state index contributed by atoms with van der Waals surface area (Å²) in [5, 5.41) is 17.7. The first-order valence-electron chi connectivity index (χ1n) is 7.47. The van der Waals surface area contributed by atoms with E-state index in [0.29, 0.717) is 5.13 Å². The summed E-state index contributed by atoms with van der Waals surface area (Å²) in [7, 11) is 0. The molecule has 0 atom stereocenters. The molecule has 0 spiro atoms. The molecular weight excluding hydrogens is 298 g/mol. The highest BCUT2D eigenvalue weighted by Gasteiger charge is 2.21. The van der Waals surface area contributed by atoms with Crippen molar-refractivity contribution >= 4 is 22.5 Å². The number of nitrogens with one attached hydrogen (secondary N) is 2. The number of urea groups is 1. The molecular formula is C16H19N3O2S. The van der Waals surface area contributed by atoms with E-state index in [1.807, 2.05) is 35.7 Å². The van der Waals surface area contributed by atoms with E-state index in [1.54, 1.807) is 0 Å². The van der Waals surface area contributed by atoms with Gasteiger partial charge in [0, 0.05) is 17.0 Å². The van der Waals surface area contributed by atoms with Crippen LogP contribution in [0.4, 0.5) is 9.93 Å². The largest absolute Gasteiger partial charge is 0.393 e. The van der Waals surface area contributed by atoms with Crippen molar-refractivity contribution in [2.75, 3.05) is 5.32 Å². The second-order valence-electron chi connectivity index (χ2n) is 5.51. The molecule has 0 bridgehead atoms. The zero-order valence-electron chi connectivity index (χ0n) is 12.2. The Morgan fingerprint density at radius 3 is 2.64 bits per heavy atom. The molecule has 1 aromatic heterocycles. The number of benzene rings is 1. The smallest absolute Gasteiger partial charge is 0.321 e. The van der Waals surface area contributed by atoms with Gasteiger partial charge in [0.15, 0.2) is 5.13 Å². The van der Waals surface area contributed by atoms with Crippen LogP contribution < -0.4 is 10.6 Å². The lowest BCUT2D eigenvalue weighted by atomic mass is 9.93. The molecule has 1 fully saturated rings. The summed E-state index contributed by atoms with van der Waals surface area (Å²) in [5.74, 6) is 0. The third-order valence-corrected chi connectivity index (χ3v) is 4.58. The number of hydrogen-bond acceptors (Lipinski definition) is 4. The van der Waals surface area contributed by atoms with Crippen molar-refractivity contribution in [3.63, 3.8) is 0 Å². The fraction of sp³-hybridized carbons (Fsp3) is 0.375. The number of anilines is 1. The lowest BCUT2D eigenvalue weighted by Crippen LogP contribution is -2.40. The van der Waals surface area contributed by atoms with Gasteiger partial charge in [0.05, 0.1) is 11.8 Å². The standard InChI is InChI=1S/C16H19N3O2S/c20-13-8-6-12(7-9-13)17-15(21)19-16-18-14(10-22-16)11-4-2-1-3-5-11/h1-5,10,12-13,20H,6-9H2,(H2,17,18,19,21). The fourth-order valence-corrected chi connectivity index (χ4v) is 3.33. The molecule has 1 heterocycles. The predicted molar refractivity (Wildman–Crippen MR) is 88.0 cm³/mol. The summed E-state index contributed by atoms with van der Waals surface area (Å²) in [6.07, 6.45) is 2.93. The first-order chi connectivity index (χ1) is 10.7. The van der Waals surface area contributed by atoms with E-state index in [2.05, 4.69) is 15.6 Å². The number of rotatable bonds is 3. The Labute approximate surface area is 133 Å². The van der Waals surface area contributed by atoms with E-state index >= 15 is 0 Å². The summed E-state index contributed by atoms with van der Waals surface area (Å²) in [6, 6.07) is 9.78. The lowest BCUT2D eigenvalue weighted by Gasteiger charge is -2.25. The predicted octanol–water partition coefficient (Wildman–Crippen LogP) is 3.24. The molecule has 0 aliphatic heterocycles. The first-order valence-corrected chi connectivity index (χ1v) is 8.35. The van der Waals surface area contributed by atoms with Crippen molar-refractivity contribution in [1.82, 2.24) is 10.3 Å². The minimum atomic E-state index is -0.227. The Hall–Kier alpha value is -1.92. The SMILES string of the molecule is O=C(Nc1nc(-c2ccccc2)cs1)NC1CCC(O)CC1. The molecule has 116 valence electrons. The summed E-state index contributed by atoms with van der Waals surface area (Å²) in [6.45, 7) is 0. The Bertz CT molecular complexity index is 621. The number of amides is 2. The van der Waals surface area contributed by atoms with Crippen LogP contribution in [0, 0.1) is 0 Å². The first kappa shape index (κ1) is 15.0. The number of nitrogens with zero attached hydrogens (tertiary/aromatic N) is 1. The lowest BCUT2D eigenvalue weighted by molar-refractivity contribution is 0.118. The van der Waals surface area contributed by atoms with Crippen LogP contribution >= 0.6 is 11.3 Å². The van der Waals surface area contributed by atoms with Crippen LogP contribution in [0.15, 0.2) is 35.7 Å². The van der Waals surface area contributed by atoms with Gasteiger partial charge in [0.1, 0.15) is 0 Å². The molecule has 0 saturated heterocycles. The molecule has 2 aromatic rings. The molecule has 6 heteroatoms. The molecule has 5 nitrogen and oxygen atoms in total. The molecule has 1 aromatic carbocycles. The van der Waals surface area contributed by atoms with Gasteiger partial charge in [-0.15, -0.1) is 11.3 Å². The zero-order valence-corrected chi connectivity index (χ0v) is 13.0. The van der Waals surface area contributed by atoms with Crippen LogP contribution in [-0.2, 0) is 0 Å². The van der Waals surface area contributed by atoms with Gasteiger partial charge in [-0.05, 0) is 25.7 Å². The van der Waals surface area contributed by atoms with Crippen molar-refractivity contribution in [2.24, 2.45) is 0 Å². The van der Waals surface area contributed by atoms with Gasteiger partial charge in [-0.1, -0.05) is 30.3 Å². The zero-order chi connectivity index (χ0) is 15.4. The average molecular weight is 317 g/mol. The number of aliphatic hydroxyl groups is 1. The maximum atomic E-state index is 12.0. The summed E-state index contributed by atoms with van der Waals surface area (Å²) < 4.78 is 0. The normalized spacial score (nSPS) is 21.3. The van der Waals surface area contributed by atoms with Crippen molar-refractivity contribution in [1.29, 1.82) is 0 Å². The maximum Gasteiger partial charge on any atom is 0.321 e. The van der Waals surface area contributed by atoms with Crippen molar-refractivity contribution in [2.45, 2.75) is 37.8 Å². The fourth-order valence-electron chi connectivity index (χ4n) is 2.61. The van der Waals surface area contributed by atoms with Gasteiger partial charge >= 0.3 is 6.03 Å². The second-order valence-corrected chi connectivity index (χ2v) is 6.37. The van der Waals surface area contributed by atoms with Gasteiger partial charge in [0.25, 0.3) is 0 Å². The topological polar surface area (TPSA) is 74.2 Å². The molecule has 1 aliphatic rings. The molecule has 1 aliphatic carbocycles. The van der Waals surface area contributed by atoms with Crippen LogP contribution in [0.5, 0.6) is 0 Å². The molecule has 0 unspecified atom stereocenters. The van der Waals surface area contributed by atoms with E-state index in [4.69, 9.17) is 0 Å². The van der Waals surface area contributed by atoms with Crippen molar-refractivity contribution < 1.29 is 9.90 Å². The van der Waals surface area contributed by atoms with Crippen LogP contribution in [0.2, 0.25) is 0 Å². The third-order valence-electron chi connectivity index (χ3n) is 3.83. The van der Waals surface area contributed by atoms with Gasteiger partial charge in [-0.2, -0.15) is 0 Å². The van der Waals surface area contributed by atoms with Gasteiger partial charge in [0.2, 0.25) is 0 Å². The highest BCUT2D eigenvalue weighted by atomic mass is 32.1. The van der Waals surface area contributed by atoms with Crippen LogP contribution in [-0.4, -0.2) is 28.3 Å². The number of carbonyl (C=O) groups excluding carboxylic acids is 1. The number of hydrogen-bond donors (Lipinski definition) is 3. The number of aliphatic hydroxyl groups excluding tert-OH is 1. The number of aromatic nitrogens is 1. The summed E-state index contributed by atoms with van der Waals surface area (Å²) in [4.78, 5) is 16.4. The van der Waals surface area contributed by atoms with Gasteiger partial charge in [-0.3, -0.25) is 5.32 Å². The highest BCUT2D eigenvalue weighted by molar-refractivity contribution is 7.14. The molecule has 3 rings (SSSR count). The average Bonchev–Trinajstić information content (AvgIpc) is 2.99. The van der Waals surface area contributed by atoms with E-state index in [9.17, 15) is 9.90 Å². The van der Waals surface area contributed by atoms with E-state index in [1.165, 1.54) is 11.3 Å². The third kappa shape index (κ3) is 3.84. The van der Waals surface area contributed by atoms with Crippen molar-refractivity contribution in [3.8, 4) is 11.3 Å². The second kappa shape index (κ2) is 6.89. The van der Waals surface area contributed by atoms with Gasteiger partial charge < -0.3 is 10.4 Å². The van der Waals surface area contributed by atoms with Crippen LogP contribution in [0.1, 0.15) is 25.7 Å². The number of thiazole rings is 1. The van der Waals surface area contributed by atoms with Crippen molar-refractivity contribution in [3.05, 3.63) is 35.7 Å². The molecule has 3 N–H and O–H groups in total. The molecule has 0 radical (unpaired) electrons. The number of carbonyl (C=O) groups is 1. The molecule has 1 saturated carbocycles. The quantitative estimate of drug-likeness (QED) is 0.813. The Balaban J connectivity index is 1.55. The summed E-state index contributed by atoms with van der Waals surface area (Å²) >= 11 is 1.41. The summed E-state index contributed by atoms with van der Waals surface area (Å²) in [5.41, 5.74) is 1.90. The Kier molecular flexibility index (Phi) is 4.70. The van der Waals surface area contributed by atoms with Crippen LogP contribution in [0.25, 0.3) is 11.3 Å². The minimum absolute atomic E-state index is 0.136. The Morgan fingerprint density at radius 1 is 1.18 bits per heavy atom. The molecule has 22 heavy (non-hydrogen) atoms.